The standard InChI is InChI=1S/C8H10N4O2/c1-2-3-5-4-6(13)12-7(9-5)10-11-8(12)14/h4H,2-3H2,1H3,(H,9,10)(H,11,14). The molecule has 0 saturated heterocycles. The second-order valence-corrected chi connectivity index (χ2v) is 3.05. The summed E-state index contributed by atoms with van der Waals surface area (Å²) >= 11 is 0. The Labute approximate surface area is 78.6 Å². The molecule has 2 aromatic rings. The Hall–Kier alpha value is -1.85. The quantitative estimate of drug-likeness (QED) is 0.686. The summed E-state index contributed by atoms with van der Waals surface area (Å²) in [5.74, 6) is 0.269. The fourth-order valence-electron chi connectivity index (χ4n) is 1.36. The van der Waals surface area contributed by atoms with Gasteiger partial charge in [0.15, 0.2) is 0 Å². The molecule has 0 aromatic carbocycles. The lowest BCUT2D eigenvalue weighted by atomic mass is 10.2. The Morgan fingerprint density at radius 3 is 2.93 bits per heavy atom. The minimum absolute atomic E-state index is 0.269. The number of nitrogens with zero attached hydrogens (tertiary/aromatic N) is 2. The Balaban J connectivity index is 2.74. The van der Waals surface area contributed by atoms with E-state index in [-0.39, 0.29) is 11.3 Å². The van der Waals surface area contributed by atoms with E-state index in [0.717, 1.165) is 17.2 Å². The molecule has 0 saturated carbocycles. The molecule has 0 atom stereocenters. The molecule has 0 aliphatic heterocycles. The number of hydrogen-bond donors (Lipinski definition) is 2. The largest absolute Gasteiger partial charge is 0.350 e. The van der Waals surface area contributed by atoms with Crippen LogP contribution in [0.3, 0.4) is 0 Å². The maximum atomic E-state index is 11.4. The van der Waals surface area contributed by atoms with Gasteiger partial charge in [0.05, 0.1) is 0 Å². The zero-order valence-electron chi connectivity index (χ0n) is 7.70. The molecule has 2 heterocycles. The summed E-state index contributed by atoms with van der Waals surface area (Å²) in [5.41, 5.74) is -0.130. The molecule has 0 unspecified atom stereocenters. The average Bonchev–Trinajstić information content (AvgIpc) is 2.48. The van der Waals surface area contributed by atoms with Crippen molar-refractivity contribution in [2.45, 2.75) is 19.8 Å². The molecule has 14 heavy (non-hydrogen) atoms. The van der Waals surface area contributed by atoms with Gasteiger partial charge in [0, 0.05) is 11.8 Å². The van der Waals surface area contributed by atoms with Crippen molar-refractivity contribution < 1.29 is 0 Å². The van der Waals surface area contributed by atoms with Crippen LogP contribution in [-0.2, 0) is 6.42 Å². The van der Waals surface area contributed by atoms with Gasteiger partial charge < -0.3 is 0 Å². The van der Waals surface area contributed by atoms with Crippen molar-refractivity contribution in [2.24, 2.45) is 0 Å². The number of aromatic nitrogens is 4. The van der Waals surface area contributed by atoms with Crippen LogP contribution in [-0.4, -0.2) is 19.6 Å². The molecule has 6 heteroatoms. The smallest absolute Gasteiger partial charge is 0.269 e. The molecule has 0 amide bonds. The summed E-state index contributed by atoms with van der Waals surface area (Å²) in [6.45, 7) is 2.00. The predicted molar refractivity (Wildman–Crippen MR) is 50.4 cm³/mol. The summed E-state index contributed by atoms with van der Waals surface area (Å²) in [5, 5.41) is 4.85. The number of rotatable bonds is 2. The van der Waals surface area contributed by atoms with Crippen molar-refractivity contribution in [3.63, 3.8) is 0 Å². The molecule has 0 aliphatic carbocycles. The van der Waals surface area contributed by atoms with Gasteiger partial charge in [-0.1, -0.05) is 13.3 Å². The minimum Gasteiger partial charge on any atom is -0.269 e. The van der Waals surface area contributed by atoms with Gasteiger partial charge in [-0.15, -0.1) is 0 Å². The summed E-state index contributed by atoms with van der Waals surface area (Å²) in [4.78, 5) is 26.7. The van der Waals surface area contributed by atoms with E-state index in [0.29, 0.717) is 5.69 Å². The van der Waals surface area contributed by atoms with E-state index in [4.69, 9.17) is 0 Å². The summed E-state index contributed by atoms with van der Waals surface area (Å²) in [7, 11) is 0. The van der Waals surface area contributed by atoms with Crippen LogP contribution in [0.4, 0.5) is 0 Å². The number of H-pyrrole nitrogens is 2. The topological polar surface area (TPSA) is 83.0 Å². The number of fused-ring (bicyclic) bond motifs is 1. The van der Waals surface area contributed by atoms with Crippen molar-refractivity contribution >= 4 is 5.78 Å². The highest BCUT2D eigenvalue weighted by molar-refractivity contribution is 5.26. The van der Waals surface area contributed by atoms with E-state index in [1.165, 1.54) is 6.07 Å². The maximum Gasteiger partial charge on any atom is 0.350 e. The SMILES string of the molecule is CCCc1cc(=O)n2c(=O)[nH][nH]c2n1. The van der Waals surface area contributed by atoms with Crippen molar-refractivity contribution in [3.8, 4) is 0 Å². The van der Waals surface area contributed by atoms with E-state index in [1.54, 1.807) is 0 Å². The van der Waals surface area contributed by atoms with Crippen LogP contribution in [0.5, 0.6) is 0 Å². The highest BCUT2D eigenvalue weighted by atomic mass is 16.2. The lowest BCUT2D eigenvalue weighted by molar-refractivity contribution is 0.863. The minimum atomic E-state index is -0.486. The maximum absolute atomic E-state index is 11.4. The summed E-state index contributed by atoms with van der Waals surface area (Å²) < 4.78 is 0.971. The summed E-state index contributed by atoms with van der Waals surface area (Å²) in [6, 6.07) is 1.39. The molecule has 6 nitrogen and oxygen atoms in total. The first-order chi connectivity index (χ1) is 6.72. The van der Waals surface area contributed by atoms with Crippen LogP contribution in [0.2, 0.25) is 0 Å². The summed E-state index contributed by atoms with van der Waals surface area (Å²) in [6.07, 6.45) is 1.65. The lowest BCUT2D eigenvalue weighted by Gasteiger charge is -1.95. The molecule has 2 N–H and O–H groups in total. The molecule has 0 radical (unpaired) electrons. The van der Waals surface area contributed by atoms with Gasteiger partial charge in [-0.05, 0) is 6.42 Å². The van der Waals surface area contributed by atoms with E-state index >= 15 is 0 Å². The molecule has 0 aliphatic rings. The second-order valence-electron chi connectivity index (χ2n) is 3.05. The fourth-order valence-corrected chi connectivity index (χ4v) is 1.36. The van der Waals surface area contributed by atoms with Crippen molar-refractivity contribution in [3.05, 3.63) is 32.6 Å². The molecule has 2 rings (SSSR count). The van der Waals surface area contributed by atoms with E-state index < -0.39 is 5.69 Å². The Bertz CT molecular complexity index is 562. The Morgan fingerprint density at radius 2 is 2.21 bits per heavy atom. The van der Waals surface area contributed by atoms with Gasteiger partial charge in [-0.25, -0.2) is 14.9 Å². The van der Waals surface area contributed by atoms with Gasteiger partial charge in [0.1, 0.15) is 0 Å². The van der Waals surface area contributed by atoms with Crippen LogP contribution < -0.4 is 11.2 Å². The first-order valence-electron chi connectivity index (χ1n) is 4.41. The lowest BCUT2D eigenvalue weighted by Crippen LogP contribution is -2.24. The molecular formula is C8H10N4O2. The third kappa shape index (κ3) is 1.24. The van der Waals surface area contributed by atoms with Crippen LogP contribution in [0, 0.1) is 0 Å². The average molecular weight is 194 g/mol. The van der Waals surface area contributed by atoms with Gasteiger partial charge in [0.25, 0.3) is 5.56 Å². The second kappa shape index (κ2) is 3.13. The third-order valence-corrected chi connectivity index (χ3v) is 1.96. The third-order valence-electron chi connectivity index (χ3n) is 1.96. The number of nitrogens with one attached hydrogen (secondary N) is 2. The molecule has 74 valence electrons. The number of aryl methyl sites for hydroxylation is 1. The van der Waals surface area contributed by atoms with E-state index in [2.05, 4.69) is 15.2 Å². The van der Waals surface area contributed by atoms with Gasteiger partial charge >= 0.3 is 5.69 Å². The number of hydrogen-bond acceptors (Lipinski definition) is 3. The monoisotopic (exact) mass is 194 g/mol. The Kier molecular flexibility index (Phi) is 1.95. The molecule has 0 bridgehead atoms. The van der Waals surface area contributed by atoms with Crippen LogP contribution in [0.15, 0.2) is 15.7 Å². The van der Waals surface area contributed by atoms with Crippen molar-refractivity contribution in [2.75, 3.05) is 0 Å². The first kappa shape index (κ1) is 8.74. The normalized spacial score (nSPS) is 10.9. The van der Waals surface area contributed by atoms with Crippen molar-refractivity contribution in [1.82, 2.24) is 19.6 Å². The zero-order chi connectivity index (χ0) is 10.1. The molecule has 0 fully saturated rings. The predicted octanol–water partition coefficient (Wildman–Crippen LogP) is -0.337. The van der Waals surface area contributed by atoms with Gasteiger partial charge in [0.2, 0.25) is 5.78 Å². The first-order valence-corrected chi connectivity index (χ1v) is 4.41. The van der Waals surface area contributed by atoms with Crippen LogP contribution >= 0.6 is 0 Å². The van der Waals surface area contributed by atoms with Gasteiger partial charge in [-0.3, -0.25) is 9.89 Å². The van der Waals surface area contributed by atoms with Crippen LogP contribution in [0.25, 0.3) is 5.78 Å². The highest BCUT2D eigenvalue weighted by Gasteiger charge is 2.05. The zero-order valence-corrected chi connectivity index (χ0v) is 7.70. The van der Waals surface area contributed by atoms with E-state index in [1.807, 2.05) is 6.92 Å². The van der Waals surface area contributed by atoms with Gasteiger partial charge in [-0.2, -0.15) is 4.40 Å². The van der Waals surface area contributed by atoms with Crippen LogP contribution in [0.1, 0.15) is 19.0 Å². The highest BCUT2D eigenvalue weighted by Crippen LogP contribution is 1.96. The molecule has 2 aromatic heterocycles. The number of aromatic amines is 2. The molecule has 0 spiro atoms. The Morgan fingerprint density at radius 1 is 1.43 bits per heavy atom. The van der Waals surface area contributed by atoms with Crippen molar-refractivity contribution in [1.29, 1.82) is 0 Å². The molecular weight excluding hydrogens is 184 g/mol. The fraction of sp³-hybridized carbons (Fsp3) is 0.375. The van der Waals surface area contributed by atoms with E-state index in [9.17, 15) is 9.59 Å².